The number of nitrogens with zero attached hydrogens (tertiary/aromatic N) is 2. The van der Waals surface area contributed by atoms with Gasteiger partial charge in [-0.05, 0) is 18.2 Å². The largest absolute Gasteiger partial charge is 0.465 e. The van der Waals surface area contributed by atoms with Crippen LogP contribution in [0.5, 0.6) is 0 Å². The minimum absolute atomic E-state index is 0.0244. The molecule has 0 atom stereocenters. The molecule has 0 unspecified atom stereocenters. The molecule has 0 bridgehead atoms. The number of hydrogen-bond donors (Lipinski definition) is 0. The van der Waals surface area contributed by atoms with Gasteiger partial charge >= 0.3 is 11.9 Å². The smallest absolute Gasteiger partial charge is 0.302 e. The van der Waals surface area contributed by atoms with Crippen LogP contribution in [-0.2, 0) is 23.9 Å². The van der Waals surface area contributed by atoms with E-state index in [0.717, 1.165) is 16.8 Å². The molecule has 0 fully saturated rings. The standard InChI is InChI=1S/C19H17ClN2O3.C4H7BrO2/c1-13(23)25-10-9-22-17-8-7-15(20)11-16(17)19(21-12-18(22)24)14-5-3-2-4-6-14;1-4(6)7-3-2-5/h2-8,11H,9-10,12H2,1H3;2-3H2,1H3. The predicted molar refractivity (Wildman–Crippen MR) is 128 cm³/mol. The van der Waals surface area contributed by atoms with Crippen LogP contribution in [0.25, 0.3) is 0 Å². The summed E-state index contributed by atoms with van der Waals surface area (Å²) in [6.45, 7) is 3.62. The Labute approximate surface area is 200 Å². The number of carbonyl (C=O) groups excluding carboxylic acids is 3. The van der Waals surface area contributed by atoms with Crippen LogP contribution in [0.1, 0.15) is 25.0 Å². The molecule has 9 heteroatoms. The fraction of sp³-hybridized carbons (Fsp3) is 0.304. The van der Waals surface area contributed by atoms with E-state index in [1.807, 2.05) is 30.3 Å². The van der Waals surface area contributed by atoms with Crippen molar-refractivity contribution in [3.05, 3.63) is 64.7 Å². The average molecular weight is 524 g/mol. The van der Waals surface area contributed by atoms with Gasteiger partial charge in [-0.25, -0.2) is 0 Å². The lowest BCUT2D eigenvalue weighted by Gasteiger charge is -2.23. The van der Waals surface area contributed by atoms with Gasteiger partial charge in [0.05, 0.1) is 17.9 Å². The zero-order valence-corrected chi connectivity index (χ0v) is 20.2. The van der Waals surface area contributed by atoms with Gasteiger partial charge in [-0.1, -0.05) is 57.9 Å². The van der Waals surface area contributed by atoms with E-state index >= 15 is 0 Å². The molecular weight excluding hydrogens is 500 g/mol. The lowest BCUT2D eigenvalue weighted by Crippen LogP contribution is -2.35. The number of ether oxygens (including phenoxy) is 2. The maximum atomic E-state index is 12.6. The molecule has 2 aromatic rings. The lowest BCUT2D eigenvalue weighted by atomic mass is 10.0. The van der Waals surface area contributed by atoms with Crippen LogP contribution >= 0.6 is 27.5 Å². The van der Waals surface area contributed by atoms with Crippen molar-refractivity contribution in [2.75, 3.05) is 36.5 Å². The molecule has 2 aromatic carbocycles. The van der Waals surface area contributed by atoms with Crippen LogP contribution in [0.15, 0.2) is 53.5 Å². The molecule has 1 aliphatic heterocycles. The number of hydrogen-bond acceptors (Lipinski definition) is 6. The Bertz CT molecular complexity index is 982. The molecule has 1 heterocycles. The summed E-state index contributed by atoms with van der Waals surface area (Å²) in [5, 5.41) is 1.28. The van der Waals surface area contributed by atoms with E-state index in [0.29, 0.717) is 22.6 Å². The Hall–Kier alpha value is -2.71. The van der Waals surface area contributed by atoms with E-state index in [-0.39, 0.29) is 37.5 Å². The summed E-state index contributed by atoms with van der Waals surface area (Å²) in [5.41, 5.74) is 3.14. The molecule has 0 N–H and O–H groups in total. The van der Waals surface area contributed by atoms with Crippen molar-refractivity contribution in [3.63, 3.8) is 0 Å². The van der Waals surface area contributed by atoms with Crippen molar-refractivity contribution >= 4 is 56.8 Å². The number of esters is 2. The fourth-order valence-electron chi connectivity index (χ4n) is 2.94. The number of alkyl halides is 1. The number of anilines is 1. The molecule has 0 radical (unpaired) electrons. The number of fused-ring (bicyclic) bond motifs is 1. The summed E-state index contributed by atoms with van der Waals surface area (Å²) in [7, 11) is 0. The number of benzodiazepines with no additional fused rings is 1. The van der Waals surface area contributed by atoms with Gasteiger partial charge < -0.3 is 14.4 Å². The van der Waals surface area contributed by atoms with E-state index in [1.54, 1.807) is 23.1 Å². The highest BCUT2D eigenvalue weighted by Crippen LogP contribution is 2.29. The maximum absolute atomic E-state index is 12.6. The van der Waals surface area contributed by atoms with Gasteiger partial charge in [0.1, 0.15) is 19.8 Å². The topological polar surface area (TPSA) is 85.3 Å². The van der Waals surface area contributed by atoms with Crippen LogP contribution in [0.2, 0.25) is 5.02 Å². The fourth-order valence-corrected chi connectivity index (χ4v) is 3.27. The number of aliphatic imine (C=N–C) groups is 1. The van der Waals surface area contributed by atoms with Gasteiger partial charge in [0.2, 0.25) is 5.91 Å². The molecule has 170 valence electrons. The molecule has 0 saturated carbocycles. The van der Waals surface area contributed by atoms with E-state index in [9.17, 15) is 14.4 Å². The lowest BCUT2D eigenvalue weighted by molar-refractivity contribution is -0.141. The van der Waals surface area contributed by atoms with Gasteiger partial charge in [-0.2, -0.15) is 0 Å². The molecule has 32 heavy (non-hydrogen) atoms. The van der Waals surface area contributed by atoms with Crippen LogP contribution in [0.3, 0.4) is 0 Å². The van der Waals surface area contributed by atoms with Crippen LogP contribution < -0.4 is 4.90 Å². The number of halogens is 2. The summed E-state index contributed by atoms with van der Waals surface area (Å²) >= 11 is 9.29. The monoisotopic (exact) mass is 522 g/mol. The molecule has 0 aromatic heterocycles. The Morgan fingerprint density at radius 3 is 2.31 bits per heavy atom. The van der Waals surface area contributed by atoms with Crippen LogP contribution in [0, 0.1) is 0 Å². The van der Waals surface area contributed by atoms with Crippen LogP contribution in [-0.4, -0.2) is 55.2 Å². The summed E-state index contributed by atoms with van der Waals surface area (Å²) in [4.78, 5) is 39.6. The van der Waals surface area contributed by atoms with Crippen molar-refractivity contribution in [1.29, 1.82) is 0 Å². The SMILES string of the molecule is CC(=O)OCCBr.CC(=O)OCCN1C(=O)CN=C(c2ccccc2)c2cc(Cl)ccc21. The van der Waals surface area contributed by atoms with E-state index in [2.05, 4.69) is 25.7 Å². The molecule has 0 aliphatic carbocycles. The third-order valence-corrected chi connectivity index (χ3v) is 4.79. The normalized spacial score (nSPS) is 12.6. The van der Waals surface area contributed by atoms with Gasteiger partial charge in [0.15, 0.2) is 0 Å². The minimum Gasteiger partial charge on any atom is -0.465 e. The average Bonchev–Trinajstić information content (AvgIpc) is 2.89. The molecule has 1 amide bonds. The third-order valence-electron chi connectivity index (χ3n) is 4.23. The van der Waals surface area contributed by atoms with E-state index in [1.165, 1.54) is 13.8 Å². The summed E-state index contributed by atoms with van der Waals surface area (Å²) in [6, 6.07) is 15.0. The van der Waals surface area contributed by atoms with Crippen molar-refractivity contribution in [1.82, 2.24) is 0 Å². The number of rotatable bonds is 6. The molecule has 0 spiro atoms. The third kappa shape index (κ3) is 7.76. The van der Waals surface area contributed by atoms with E-state index in [4.69, 9.17) is 16.3 Å². The highest BCUT2D eigenvalue weighted by Gasteiger charge is 2.25. The van der Waals surface area contributed by atoms with Crippen molar-refractivity contribution in [2.24, 2.45) is 4.99 Å². The van der Waals surface area contributed by atoms with Crippen molar-refractivity contribution in [2.45, 2.75) is 13.8 Å². The van der Waals surface area contributed by atoms with Gasteiger partial charge in [0.25, 0.3) is 0 Å². The Morgan fingerprint density at radius 1 is 1.06 bits per heavy atom. The Morgan fingerprint density at radius 2 is 1.72 bits per heavy atom. The maximum Gasteiger partial charge on any atom is 0.302 e. The number of benzene rings is 2. The van der Waals surface area contributed by atoms with Gasteiger partial charge in [-0.15, -0.1) is 0 Å². The molecular formula is C23H24BrClN2O5. The molecule has 7 nitrogen and oxygen atoms in total. The quantitative estimate of drug-likeness (QED) is 0.422. The summed E-state index contributed by atoms with van der Waals surface area (Å²) < 4.78 is 9.49. The first-order chi connectivity index (χ1) is 15.3. The predicted octanol–water partition coefficient (Wildman–Crippen LogP) is 4.03. The first-order valence-electron chi connectivity index (χ1n) is 9.86. The zero-order chi connectivity index (χ0) is 23.5. The minimum atomic E-state index is -0.375. The number of carbonyl (C=O) groups is 3. The molecule has 1 aliphatic rings. The Balaban J connectivity index is 0.000000451. The second kappa shape index (κ2) is 13.0. The van der Waals surface area contributed by atoms with Gasteiger partial charge in [0, 0.05) is 35.3 Å². The molecule has 0 saturated heterocycles. The Kier molecular flexibility index (Phi) is 10.4. The second-order valence-corrected chi connectivity index (χ2v) is 7.84. The van der Waals surface area contributed by atoms with Gasteiger partial charge in [-0.3, -0.25) is 19.4 Å². The second-order valence-electron chi connectivity index (χ2n) is 6.61. The zero-order valence-electron chi connectivity index (χ0n) is 17.8. The highest BCUT2D eigenvalue weighted by molar-refractivity contribution is 9.09. The van der Waals surface area contributed by atoms with E-state index < -0.39 is 0 Å². The first kappa shape index (κ1) is 25.5. The van der Waals surface area contributed by atoms with Crippen molar-refractivity contribution < 1.29 is 23.9 Å². The highest BCUT2D eigenvalue weighted by atomic mass is 79.9. The number of amides is 1. The molecule has 3 rings (SSSR count). The summed E-state index contributed by atoms with van der Waals surface area (Å²) in [6.07, 6.45) is 0. The summed E-state index contributed by atoms with van der Waals surface area (Å²) in [5.74, 6) is -0.749. The van der Waals surface area contributed by atoms with Crippen LogP contribution in [0.4, 0.5) is 5.69 Å². The first-order valence-corrected chi connectivity index (χ1v) is 11.4. The van der Waals surface area contributed by atoms with Crippen molar-refractivity contribution in [3.8, 4) is 0 Å².